The molecule has 0 aliphatic carbocycles. The predicted molar refractivity (Wildman–Crippen MR) is 92.2 cm³/mol. The number of methoxy groups -OCH3 is 1. The average molecular weight is 300 g/mol. The van der Waals surface area contributed by atoms with Gasteiger partial charge < -0.3 is 15.4 Å². The fourth-order valence-electron chi connectivity index (χ4n) is 2.31. The molecule has 0 radical (unpaired) electrons. The molecular formula is C17H20N2OS. The lowest BCUT2D eigenvalue weighted by Crippen LogP contribution is -2.21. The van der Waals surface area contributed by atoms with E-state index in [0.717, 1.165) is 29.1 Å². The molecule has 0 fully saturated rings. The van der Waals surface area contributed by atoms with Gasteiger partial charge in [0.25, 0.3) is 0 Å². The number of hydrogen-bond acceptors (Lipinski definition) is 3. The number of nitrogens with two attached hydrogens (primary N) is 1. The van der Waals surface area contributed by atoms with Crippen molar-refractivity contribution in [1.29, 1.82) is 0 Å². The lowest BCUT2D eigenvalue weighted by molar-refractivity contribution is 0.414. The van der Waals surface area contributed by atoms with Gasteiger partial charge in [-0.2, -0.15) is 0 Å². The summed E-state index contributed by atoms with van der Waals surface area (Å²) >= 11 is 5.16. The van der Waals surface area contributed by atoms with Crippen LogP contribution in [0.25, 0.3) is 0 Å². The molecule has 0 heterocycles. The molecule has 4 heteroatoms. The third kappa shape index (κ3) is 3.73. The number of ether oxygens (including phenoxy) is 1. The molecule has 0 atom stereocenters. The number of nitrogens with zero attached hydrogens (tertiary/aromatic N) is 1. The molecule has 0 spiro atoms. The van der Waals surface area contributed by atoms with Crippen LogP contribution in [0.15, 0.2) is 42.5 Å². The van der Waals surface area contributed by atoms with Gasteiger partial charge in [0.05, 0.1) is 7.11 Å². The predicted octanol–water partition coefficient (Wildman–Crippen LogP) is 3.27. The molecule has 110 valence electrons. The molecule has 0 saturated heterocycles. The van der Waals surface area contributed by atoms with Crippen LogP contribution in [0.2, 0.25) is 0 Å². The van der Waals surface area contributed by atoms with Gasteiger partial charge in [-0.3, -0.25) is 0 Å². The third-order valence-electron chi connectivity index (χ3n) is 3.38. The largest absolute Gasteiger partial charge is 0.497 e. The second kappa shape index (κ2) is 6.59. The summed E-state index contributed by atoms with van der Waals surface area (Å²) in [6, 6.07) is 14.2. The van der Waals surface area contributed by atoms with Crippen molar-refractivity contribution in [2.75, 3.05) is 19.1 Å². The van der Waals surface area contributed by atoms with Gasteiger partial charge in [0.1, 0.15) is 10.7 Å². The minimum Gasteiger partial charge on any atom is -0.497 e. The Bertz CT molecular complexity index is 655. The SMILES string of the molecule is COc1cccc(CN(C)c2ccc(C)cc2C(N)=S)c1. The maximum Gasteiger partial charge on any atom is 0.119 e. The number of benzene rings is 2. The normalized spacial score (nSPS) is 10.2. The van der Waals surface area contributed by atoms with E-state index in [1.54, 1.807) is 7.11 Å². The highest BCUT2D eigenvalue weighted by Gasteiger charge is 2.10. The van der Waals surface area contributed by atoms with E-state index in [4.69, 9.17) is 22.7 Å². The number of hydrogen-bond donors (Lipinski definition) is 1. The van der Waals surface area contributed by atoms with E-state index in [1.807, 2.05) is 38.2 Å². The zero-order chi connectivity index (χ0) is 15.4. The summed E-state index contributed by atoms with van der Waals surface area (Å²) in [6.45, 7) is 2.80. The van der Waals surface area contributed by atoms with Gasteiger partial charge >= 0.3 is 0 Å². The van der Waals surface area contributed by atoms with Crippen molar-refractivity contribution in [3.63, 3.8) is 0 Å². The van der Waals surface area contributed by atoms with Crippen LogP contribution < -0.4 is 15.4 Å². The molecule has 21 heavy (non-hydrogen) atoms. The van der Waals surface area contributed by atoms with Crippen molar-refractivity contribution >= 4 is 22.9 Å². The van der Waals surface area contributed by atoms with E-state index in [0.29, 0.717) is 4.99 Å². The Labute approximate surface area is 131 Å². The molecule has 2 aromatic rings. The molecule has 3 nitrogen and oxygen atoms in total. The molecule has 2 N–H and O–H groups in total. The molecule has 2 aromatic carbocycles. The van der Waals surface area contributed by atoms with Crippen molar-refractivity contribution in [2.24, 2.45) is 5.73 Å². The van der Waals surface area contributed by atoms with Crippen molar-refractivity contribution in [3.05, 3.63) is 59.2 Å². The van der Waals surface area contributed by atoms with Crippen LogP contribution in [0.4, 0.5) is 5.69 Å². The van der Waals surface area contributed by atoms with Crippen LogP contribution in [-0.2, 0) is 6.54 Å². The van der Waals surface area contributed by atoms with E-state index in [-0.39, 0.29) is 0 Å². The Balaban J connectivity index is 2.27. The van der Waals surface area contributed by atoms with Crippen molar-refractivity contribution in [2.45, 2.75) is 13.5 Å². The van der Waals surface area contributed by atoms with Crippen molar-refractivity contribution < 1.29 is 4.74 Å². The molecule has 0 unspecified atom stereocenters. The standard InChI is InChI=1S/C17H20N2OS/c1-12-7-8-16(15(9-12)17(18)21)19(2)11-13-5-4-6-14(10-13)20-3/h4-10H,11H2,1-3H3,(H2,18,21). The Morgan fingerprint density at radius 2 is 2.00 bits per heavy atom. The maximum absolute atomic E-state index is 5.85. The first kappa shape index (κ1) is 15.3. The summed E-state index contributed by atoms with van der Waals surface area (Å²) in [5.74, 6) is 0.861. The zero-order valence-electron chi connectivity index (χ0n) is 12.6. The molecule has 2 rings (SSSR count). The summed E-state index contributed by atoms with van der Waals surface area (Å²) in [6.07, 6.45) is 0. The molecule has 0 aromatic heterocycles. The first-order valence-corrected chi connectivity index (χ1v) is 7.16. The minimum atomic E-state index is 0.422. The Morgan fingerprint density at radius 3 is 2.67 bits per heavy atom. The summed E-state index contributed by atoms with van der Waals surface area (Å²) in [5.41, 5.74) is 10.1. The number of thiocarbonyl (C=S) groups is 1. The van der Waals surface area contributed by atoms with E-state index >= 15 is 0 Å². The highest BCUT2D eigenvalue weighted by Crippen LogP contribution is 2.23. The highest BCUT2D eigenvalue weighted by atomic mass is 32.1. The van der Waals surface area contributed by atoms with Crippen LogP contribution >= 0.6 is 12.2 Å². The third-order valence-corrected chi connectivity index (χ3v) is 3.60. The Hall–Kier alpha value is -2.07. The van der Waals surface area contributed by atoms with Gasteiger partial charge in [0, 0.05) is 24.8 Å². The topological polar surface area (TPSA) is 38.5 Å². The average Bonchev–Trinajstić information content (AvgIpc) is 2.47. The number of anilines is 1. The van der Waals surface area contributed by atoms with Crippen LogP contribution in [0.1, 0.15) is 16.7 Å². The van der Waals surface area contributed by atoms with E-state index < -0.39 is 0 Å². The van der Waals surface area contributed by atoms with Gasteiger partial charge in [-0.1, -0.05) is 36.0 Å². The van der Waals surface area contributed by atoms with E-state index in [9.17, 15) is 0 Å². The fourth-order valence-corrected chi connectivity index (χ4v) is 2.47. The summed E-state index contributed by atoms with van der Waals surface area (Å²) in [5, 5.41) is 0. The van der Waals surface area contributed by atoms with E-state index in [2.05, 4.69) is 23.1 Å². The van der Waals surface area contributed by atoms with Crippen LogP contribution in [0, 0.1) is 6.92 Å². The van der Waals surface area contributed by atoms with Gasteiger partial charge in [-0.05, 0) is 36.8 Å². The lowest BCUT2D eigenvalue weighted by Gasteiger charge is -2.23. The summed E-state index contributed by atoms with van der Waals surface area (Å²) in [4.78, 5) is 2.56. The van der Waals surface area contributed by atoms with Gasteiger partial charge in [-0.15, -0.1) is 0 Å². The Morgan fingerprint density at radius 1 is 1.24 bits per heavy atom. The molecule has 0 aliphatic heterocycles. The first-order valence-electron chi connectivity index (χ1n) is 6.76. The molecular weight excluding hydrogens is 280 g/mol. The van der Waals surface area contributed by atoms with Gasteiger partial charge in [-0.25, -0.2) is 0 Å². The Kier molecular flexibility index (Phi) is 4.81. The zero-order valence-corrected chi connectivity index (χ0v) is 13.4. The minimum absolute atomic E-state index is 0.422. The fraction of sp³-hybridized carbons (Fsp3) is 0.235. The molecule has 0 aliphatic rings. The molecule has 0 saturated carbocycles. The van der Waals surface area contributed by atoms with Crippen molar-refractivity contribution in [3.8, 4) is 5.75 Å². The summed E-state index contributed by atoms with van der Waals surface area (Å²) < 4.78 is 5.26. The summed E-state index contributed by atoms with van der Waals surface area (Å²) in [7, 11) is 3.71. The maximum atomic E-state index is 5.85. The quantitative estimate of drug-likeness (QED) is 0.860. The van der Waals surface area contributed by atoms with Crippen LogP contribution in [0.3, 0.4) is 0 Å². The molecule has 0 bridgehead atoms. The highest BCUT2D eigenvalue weighted by molar-refractivity contribution is 7.80. The van der Waals surface area contributed by atoms with Crippen molar-refractivity contribution in [1.82, 2.24) is 0 Å². The number of rotatable bonds is 5. The molecule has 0 amide bonds. The van der Waals surface area contributed by atoms with Gasteiger partial charge in [0.2, 0.25) is 0 Å². The second-order valence-corrected chi connectivity index (χ2v) is 5.53. The van der Waals surface area contributed by atoms with Gasteiger partial charge in [0.15, 0.2) is 0 Å². The lowest BCUT2D eigenvalue weighted by atomic mass is 10.1. The first-order chi connectivity index (χ1) is 10.0. The van der Waals surface area contributed by atoms with Crippen LogP contribution in [0.5, 0.6) is 5.75 Å². The monoisotopic (exact) mass is 300 g/mol. The second-order valence-electron chi connectivity index (χ2n) is 5.09. The smallest absolute Gasteiger partial charge is 0.119 e. The van der Waals surface area contributed by atoms with Crippen LogP contribution in [-0.4, -0.2) is 19.1 Å². The number of aryl methyl sites for hydroxylation is 1. The van der Waals surface area contributed by atoms with E-state index in [1.165, 1.54) is 5.56 Å².